The number of morpholine rings is 1. The molecule has 2 aliphatic rings. The van der Waals surface area contributed by atoms with Crippen LogP contribution in [0.5, 0.6) is 0 Å². The summed E-state index contributed by atoms with van der Waals surface area (Å²) in [6, 6.07) is 13.9. The number of halogens is 1. The van der Waals surface area contributed by atoms with Crippen molar-refractivity contribution in [1.29, 1.82) is 0 Å². The fourth-order valence-electron chi connectivity index (χ4n) is 3.77. The van der Waals surface area contributed by atoms with E-state index in [0.29, 0.717) is 36.9 Å². The second kappa shape index (κ2) is 8.67. The Hall–Kier alpha value is -1.93. The van der Waals surface area contributed by atoms with Crippen molar-refractivity contribution >= 4 is 27.5 Å². The number of benzene rings is 2. The van der Waals surface area contributed by atoms with Crippen LogP contribution in [0.25, 0.3) is 0 Å². The highest BCUT2D eigenvalue weighted by Crippen LogP contribution is 2.36. The molecule has 1 heterocycles. The highest BCUT2D eigenvalue weighted by molar-refractivity contribution is 7.89. The molecule has 30 heavy (non-hydrogen) atoms. The van der Waals surface area contributed by atoms with E-state index in [1.165, 1.54) is 16.4 Å². The second-order valence-corrected chi connectivity index (χ2v) is 10.1. The number of nitrogens with zero attached hydrogens (tertiary/aromatic N) is 2. The molecule has 1 saturated heterocycles. The fourth-order valence-corrected chi connectivity index (χ4v) is 5.30. The molecule has 8 heteroatoms. The number of carbonyl (C=O) groups excluding carboxylic acids is 1. The van der Waals surface area contributed by atoms with E-state index in [1.807, 2.05) is 36.1 Å². The Morgan fingerprint density at radius 3 is 2.23 bits per heavy atom. The summed E-state index contributed by atoms with van der Waals surface area (Å²) in [5.74, 6) is -0.0877. The van der Waals surface area contributed by atoms with Crippen LogP contribution < -0.4 is 0 Å². The Morgan fingerprint density at radius 2 is 1.67 bits per heavy atom. The standard InChI is InChI=1S/C22H25ClN2O4S/c1-16(17-2-6-19(23)7-3-17)25(20-8-9-20)22(26)18-4-10-21(11-5-18)30(27,28)24-12-14-29-15-13-24/h2-7,10-11,16,20H,8-9,12-15H2,1H3. The van der Waals surface area contributed by atoms with E-state index in [-0.39, 0.29) is 22.9 Å². The van der Waals surface area contributed by atoms with Gasteiger partial charge in [-0.1, -0.05) is 23.7 Å². The summed E-state index contributed by atoms with van der Waals surface area (Å²) in [4.78, 5) is 15.4. The van der Waals surface area contributed by atoms with E-state index in [2.05, 4.69) is 0 Å². The first-order valence-electron chi connectivity index (χ1n) is 10.1. The van der Waals surface area contributed by atoms with Crippen molar-refractivity contribution in [3.8, 4) is 0 Å². The number of carbonyl (C=O) groups is 1. The van der Waals surface area contributed by atoms with E-state index < -0.39 is 10.0 Å². The van der Waals surface area contributed by atoms with Gasteiger partial charge in [-0.05, 0) is 61.7 Å². The molecule has 1 unspecified atom stereocenters. The first-order valence-corrected chi connectivity index (χ1v) is 12.0. The third-order valence-electron chi connectivity index (χ3n) is 5.65. The maximum absolute atomic E-state index is 13.3. The maximum atomic E-state index is 13.3. The van der Waals surface area contributed by atoms with E-state index in [0.717, 1.165) is 18.4 Å². The van der Waals surface area contributed by atoms with Gasteiger partial charge >= 0.3 is 0 Å². The van der Waals surface area contributed by atoms with E-state index >= 15 is 0 Å². The van der Waals surface area contributed by atoms with Gasteiger partial charge in [0.2, 0.25) is 10.0 Å². The van der Waals surface area contributed by atoms with Gasteiger partial charge < -0.3 is 9.64 Å². The van der Waals surface area contributed by atoms with Crippen LogP contribution in [0.3, 0.4) is 0 Å². The highest BCUT2D eigenvalue weighted by Gasteiger charge is 2.37. The number of rotatable bonds is 6. The quantitative estimate of drug-likeness (QED) is 0.675. The summed E-state index contributed by atoms with van der Waals surface area (Å²) in [5, 5.41) is 0.660. The average molecular weight is 449 g/mol. The van der Waals surface area contributed by atoms with Crippen molar-refractivity contribution in [3.63, 3.8) is 0 Å². The molecule has 1 saturated carbocycles. The Balaban J connectivity index is 1.55. The monoisotopic (exact) mass is 448 g/mol. The number of hydrogen-bond donors (Lipinski definition) is 0. The molecule has 0 radical (unpaired) electrons. The summed E-state index contributed by atoms with van der Waals surface area (Å²) in [5.41, 5.74) is 1.51. The molecule has 0 N–H and O–H groups in total. The van der Waals surface area contributed by atoms with Gasteiger partial charge in [0, 0.05) is 29.7 Å². The summed E-state index contributed by atoms with van der Waals surface area (Å²) in [6.45, 7) is 3.49. The lowest BCUT2D eigenvalue weighted by molar-refractivity contribution is 0.0674. The van der Waals surface area contributed by atoms with E-state index in [9.17, 15) is 13.2 Å². The predicted octanol–water partition coefficient (Wildman–Crippen LogP) is 3.73. The number of hydrogen-bond acceptors (Lipinski definition) is 4. The molecule has 2 aromatic rings. The maximum Gasteiger partial charge on any atom is 0.254 e. The van der Waals surface area contributed by atoms with Crippen LogP contribution in [0, 0.1) is 0 Å². The van der Waals surface area contributed by atoms with Crippen LogP contribution >= 0.6 is 11.6 Å². The Morgan fingerprint density at radius 1 is 1.07 bits per heavy atom. The molecule has 4 rings (SSSR count). The molecule has 0 bridgehead atoms. The number of ether oxygens (including phenoxy) is 1. The van der Waals surface area contributed by atoms with Crippen LogP contribution in [0.1, 0.15) is 41.7 Å². The van der Waals surface area contributed by atoms with Crippen molar-refractivity contribution in [2.75, 3.05) is 26.3 Å². The Labute approximate surface area is 182 Å². The third-order valence-corrected chi connectivity index (χ3v) is 7.82. The third kappa shape index (κ3) is 4.39. The average Bonchev–Trinajstić information content (AvgIpc) is 3.60. The van der Waals surface area contributed by atoms with Crippen LogP contribution in [0.2, 0.25) is 5.02 Å². The van der Waals surface area contributed by atoms with Gasteiger partial charge in [-0.3, -0.25) is 4.79 Å². The lowest BCUT2D eigenvalue weighted by Gasteiger charge is -2.30. The van der Waals surface area contributed by atoms with Gasteiger partial charge in [0.1, 0.15) is 0 Å². The molecule has 1 atom stereocenters. The molecular formula is C22H25ClN2O4S. The van der Waals surface area contributed by atoms with Crippen molar-refractivity contribution < 1.29 is 17.9 Å². The molecular weight excluding hydrogens is 424 g/mol. The minimum absolute atomic E-state index is 0.0877. The smallest absolute Gasteiger partial charge is 0.254 e. The molecule has 1 aliphatic carbocycles. The Bertz CT molecular complexity index is 998. The van der Waals surface area contributed by atoms with Gasteiger partial charge in [0.05, 0.1) is 24.2 Å². The minimum Gasteiger partial charge on any atom is -0.379 e. The van der Waals surface area contributed by atoms with Crippen molar-refractivity contribution in [2.45, 2.75) is 36.7 Å². The van der Waals surface area contributed by atoms with Gasteiger partial charge in [0.25, 0.3) is 5.91 Å². The topological polar surface area (TPSA) is 66.9 Å². The van der Waals surface area contributed by atoms with Gasteiger partial charge in [-0.2, -0.15) is 4.31 Å². The lowest BCUT2D eigenvalue weighted by Crippen LogP contribution is -2.40. The molecule has 0 aromatic heterocycles. The largest absolute Gasteiger partial charge is 0.379 e. The van der Waals surface area contributed by atoms with Gasteiger partial charge in [0.15, 0.2) is 0 Å². The normalized spacial score (nSPS) is 18.7. The van der Waals surface area contributed by atoms with Crippen molar-refractivity contribution in [2.24, 2.45) is 0 Å². The van der Waals surface area contributed by atoms with E-state index in [1.54, 1.807) is 12.1 Å². The molecule has 2 aromatic carbocycles. The zero-order valence-electron chi connectivity index (χ0n) is 16.8. The van der Waals surface area contributed by atoms with Crippen LogP contribution in [-0.2, 0) is 14.8 Å². The number of amides is 1. The van der Waals surface area contributed by atoms with Gasteiger partial charge in [-0.15, -0.1) is 0 Å². The molecule has 6 nitrogen and oxygen atoms in total. The molecule has 1 amide bonds. The van der Waals surface area contributed by atoms with Gasteiger partial charge in [-0.25, -0.2) is 8.42 Å². The van der Waals surface area contributed by atoms with Crippen LogP contribution in [-0.4, -0.2) is 55.9 Å². The zero-order chi connectivity index (χ0) is 21.3. The minimum atomic E-state index is -3.58. The SMILES string of the molecule is CC(c1ccc(Cl)cc1)N(C(=O)c1ccc(S(=O)(=O)N2CCOCC2)cc1)C1CC1. The first kappa shape index (κ1) is 21.3. The van der Waals surface area contributed by atoms with Crippen LogP contribution in [0.15, 0.2) is 53.4 Å². The van der Waals surface area contributed by atoms with E-state index in [4.69, 9.17) is 16.3 Å². The highest BCUT2D eigenvalue weighted by atomic mass is 35.5. The predicted molar refractivity (Wildman–Crippen MR) is 115 cm³/mol. The fraction of sp³-hybridized carbons (Fsp3) is 0.409. The summed E-state index contributed by atoms with van der Waals surface area (Å²) in [7, 11) is -3.58. The number of sulfonamides is 1. The lowest BCUT2D eigenvalue weighted by atomic mass is 10.1. The Kier molecular flexibility index (Phi) is 6.16. The van der Waals surface area contributed by atoms with Crippen LogP contribution in [0.4, 0.5) is 0 Å². The zero-order valence-corrected chi connectivity index (χ0v) is 18.4. The summed E-state index contributed by atoms with van der Waals surface area (Å²) >= 11 is 6.00. The molecule has 1 aliphatic heterocycles. The molecule has 0 spiro atoms. The summed E-state index contributed by atoms with van der Waals surface area (Å²) < 4.78 is 32.3. The van der Waals surface area contributed by atoms with Crippen molar-refractivity contribution in [3.05, 3.63) is 64.7 Å². The molecule has 160 valence electrons. The second-order valence-electron chi connectivity index (χ2n) is 7.71. The first-order chi connectivity index (χ1) is 14.4. The molecule has 2 fully saturated rings. The summed E-state index contributed by atoms with van der Waals surface area (Å²) in [6.07, 6.45) is 1.96. The van der Waals surface area contributed by atoms with Crippen molar-refractivity contribution in [1.82, 2.24) is 9.21 Å².